The van der Waals surface area contributed by atoms with Gasteiger partial charge >= 0.3 is 0 Å². The summed E-state index contributed by atoms with van der Waals surface area (Å²) in [5.74, 6) is -0.339. The summed E-state index contributed by atoms with van der Waals surface area (Å²) in [6.07, 6.45) is 4.09. The smallest absolute Gasteiger partial charge is 0.145 e. The summed E-state index contributed by atoms with van der Waals surface area (Å²) in [6.45, 7) is 2.83. The van der Waals surface area contributed by atoms with Crippen molar-refractivity contribution in [3.05, 3.63) is 52.8 Å². The molecule has 19 heavy (non-hydrogen) atoms. The maximum Gasteiger partial charge on any atom is 0.145 e. The molecule has 0 bridgehead atoms. The van der Waals surface area contributed by atoms with Gasteiger partial charge < -0.3 is 9.88 Å². The fourth-order valence-electron chi connectivity index (χ4n) is 2.16. The third-order valence-electron chi connectivity index (χ3n) is 3.12. The van der Waals surface area contributed by atoms with Gasteiger partial charge in [-0.25, -0.2) is 9.37 Å². The van der Waals surface area contributed by atoms with Crippen LogP contribution in [0.5, 0.6) is 0 Å². The Morgan fingerprint density at radius 3 is 2.89 bits per heavy atom. The van der Waals surface area contributed by atoms with Crippen molar-refractivity contribution in [1.82, 2.24) is 14.9 Å². The van der Waals surface area contributed by atoms with E-state index in [-0.39, 0.29) is 16.9 Å². The van der Waals surface area contributed by atoms with Gasteiger partial charge in [-0.3, -0.25) is 0 Å². The summed E-state index contributed by atoms with van der Waals surface area (Å²) in [6, 6.07) is 5.12. The van der Waals surface area contributed by atoms with Crippen LogP contribution in [0.15, 0.2) is 30.7 Å². The van der Waals surface area contributed by atoms with E-state index < -0.39 is 0 Å². The quantitative estimate of drug-likeness (QED) is 0.913. The van der Waals surface area contributed by atoms with Crippen LogP contribution in [0.2, 0.25) is 5.02 Å². The molecule has 1 heterocycles. The highest BCUT2D eigenvalue weighted by atomic mass is 35.5. The van der Waals surface area contributed by atoms with Gasteiger partial charge in [-0.15, -0.1) is 0 Å². The van der Waals surface area contributed by atoms with Crippen molar-refractivity contribution in [1.29, 1.82) is 0 Å². The molecule has 1 atom stereocenters. The number of benzene rings is 1. The van der Waals surface area contributed by atoms with Gasteiger partial charge in [-0.2, -0.15) is 0 Å². The highest BCUT2D eigenvalue weighted by molar-refractivity contribution is 6.30. The first-order valence-corrected chi connectivity index (χ1v) is 6.63. The van der Waals surface area contributed by atoms with Gasteiger partial charge in [0.2, 0.25) is 0 Å². The van der Waals surface area contributed by atoms with Crippen molar-refractivity contribution in [2.75, 3.05) is 6.54 Å². The average Bonchev–Trinajstić information content (AvgIpc) is 2.80. The maximum atomic E-state index is 14.0. The van der Waals surface area contributed by atoms with Crippen LogP contribution in [0, 0.1) is 5.82 Å². The number of hydrogen-bond acceptors (Lipinski definition) is 2. The Morgan fingerprint density at radius 2 is 2.26 bits per heavy atom. The van der Waals surface area contributed by atoms with Crippen LogP contribution in [-0.2, 0) is 13.5 Å². The highest BCUT2D eigenvalue weighted by Gasteiger charge is 2.17. The fourth-order valence-corrected chi connectivity index (χ4v) is 2.35. The van der Waals surface area contributed by atoms with Gasteiger partial charge in [0.25, 0.3) is 0 Å². The van der Waals surface area contributed by atoms with Crippen LogP contribution in [-0.4, -0.2) is 16.1 Å². The Hall–Kier alpha value is -1.39. The van der Waals surface area contributed by atoms with E-state index >= 15 is 0 Å². The minimum absolute atomic E-state index is 0.0190. The third-order valence-corrected chi connectivity index (χ3v) is 3.41. The van der Waals surface area contributed by atoms with Gasteiger partial charge in [0.15, 0.2) is 0 Å². The number of halogens is 2. The van der Waals surface area contributed by atoms with Crippen LogP contribution in [0.25, 0.3) is 0 Å². The van der Waals surface area contributed by atoms with E-state index in [0.29, 0.717) is 12.0 Å². The molecule has 3 nitrogen and oxygen atoms in total. The first-order valence-electron chi connectivity index (χ1n) is 6.26. The fraction of sp³-hybridized carbons (Fsp3) is 0.357. The summed E-state index contributed by atoms with van der Waals surface area (Å²) in [5, 5.41) is 3.52. The molecule has 0 spiro atoms. The van der Waals surface area contributed by atoms with E-state index in [4.69, 9.17) is 11.6 Å². The lowest BCUT2D eigenvalue weighted by Gasteiger charge is -2.19. The van der Waals surface area contributed by atoms with E-state index in [1.54, 1.807) is 30.7 Å². The topological polar surface area (TPSA) is 29.9 Å². The first-order chi connectivity index (χ1) is 9.13. The Kier molecular flexibility index (Phi) is 4.56. The Labute approximate surface area is 117 Å². The van der Waals surface area contributed by atoms with Gasteiger partial charge in [-0.05, 0) is 24.6 Å². The molecule has 102 valence electrons. The maximum absolute atomic E-state index is 14.0. The van der Waals surface area contributed by atoms with Crippen molar-refractivity contribution in [2.24, 2.45) is 7.05 Å². The molecule has 0 aliphatic heterocycles. The van der Waals surface area contributed by atoms with E-state index in [1.165, 1.54) is 0 Å². The molecule has 1 unspecified atom stereocenters. The van der Waals surface area contributed by atoms with Crippen molar-refractivity contribution >= 4 is 11.6 Å². The van der Waals surface area contributed by atoms with Gasteiger partial charge in [0, 0.05) is 13.2 Å². The lowest BCUT2D eigenvalue weighted by molar-refractivity contribution is 0.505. The Bertz CT molecular complexity index is 553. The number of nitrogens with zero attached hydrogens (tertiary/aromatic N) is 2. The Morgan fingerprint density at radius 1 is 1.47 bits per heavy atom. The number of aromatic nitrogens is 2. The van der Waals surface area contributed by atoms with Crippen molar-refractivity contribution in [3.63, 3.8) is 0 Å². The van der Waals surface area contributed by atoms with Crippen molar-refractivity contribution in [2.45, 2.75) is 19.4 Å². The minimum atomic E-state index is -0.339. The van der Waals surface area contributed by atoms with Crippen LogP contribution in [0.4, 0.5) is 4.39 Å². The summed E-state index contributed by atoms with van der Waals surface area (Å²) in [5.41, 5.74) is 1.64. The molecule has 0 fully saturated rings. The van der Waals surface area contributed by atoms with Crippen molar-refractivity contribution < 1.29 is 4.39 Å². The molecule has 5 heteroatoms. The molecule has 2 aromatic rings. The monoisotopic (exact) mass is 281 g/mol. The second-order valence-corrected chi connectivity index (χ2v) is 4.86. The number of rotatable bonds is 5. The predicted octanol–water partition coefficient (Wildman–Crippen LogP) is 3.11. The zero-order chi connectivity index (χ0) is 13.8. The molecule has 0 radical (unpaired) electrons. The number of hydrogen-bond donors (Lipinski definition) is 1. The summed E-state index contributed by atoms with van der Waals surface area (Å²) in [4.78, 5) is 4.11. The second kappa shape index (κ2) is 6.17. The first kappa shape index (κ1) is 14.0. The molecule has 1 aromatic heterocycles. The minimum Gasteiger partial charge on any atom is -0.336 e. The summed E-state index contributed by atoms with van der Waals surface area (Å²) >= 11 is 5.82. The molecular weight excluding hydrogens is 265 g/mol. The van der Waals surface area contributed by atoms with Crippen molar-refractivity contribution in [3.8, 4) is 0 Å². The van der Waals surface area contributed by atoms with E-state index in [1.807, 2.05) is 18.5 Å². The highest BCUT2D eigenvalue weighted by Crippen LogP contribution is 2.23. The van der Waals surface area contributed by atoms with Gasteiger partial charge in [-0.1, -0.05) is 30.7 Å². The number of likely N-dealkylation sites (N-methyl/N-ethyl adjacent to an activating group) is 1. The second-order valence-electron chi connectivity index (χ2n) is 4.46. The van der Waals surface area contributed by atoms with Gasteiger partial charge in [0.05, 0.1) is 23.1 Å². The number of aryl methyl sites for hydroxylation is 1. The van der Waals surface area contributed by atoms with E-state index in [2.05, 4.69) is 10.3 Å². The molecule has 1 N–H and O–H groups in total. The summed E-state index contributed by atoms with van der Waals surface area (Å²) < 4.78 is 15.9. The molecule has 0 saturated heterocycles. The largest absolute Gasteiger partial charge is 0.336 e. The molecule has 0 aliphatic carbocycles. The number of nitrogens with one attached hydrogen (secondary N) is 1. The standard InChI is InChI=1S/C14H17ClFN3/c1-3-18-12(13-8-17-9-19(13)2)7-10-5-4-6-11(15)14(10)16/h4-6,8-9,12,18H,3,7H2,1-2H3. The summed E-state index contributed by atoms with van der Waals surface area (Å²) in [7, 11) is 1.93. The van der Waals surface area contributed by atoms with Crippen LogP contribution < -0.4 is 5.32 Å². The molecule has 1 aromatic carbocycles. The molecule has 0 aliphatic rings. The predicted molar refractivity (Wildman–Crippen MR) is 74.7 cm³/mol. The lowest BCUT2D eigenvalue weighted by Crippen LogP contribution is -2.25. The SMILES string of the molecule is CCNC(Cc1cccc(Cl)c1F)c1cncn1C. The third kappa shape index (κ3) is 3.14. The van der Waals surface area contributed by atoms with Gasteiger partial charge in [0.1, 0.15) is 5.82 Å². The normalized spacial score (nSPS) is 12.6. The van der Waals surface area contributed by atoms with E-state index in [9.17, 15) is 4.39 Å². The van der Waals surface area contributed by atoms with Crippen LogP contribution in [0.3, 0.4) is 0 Å². The lowest BCUT2D eigenvalue weighted by atomic mass is 10.0. The number of imidazole rings is 1. The molecule has 2 rings (SSSR count). The van der Waals surface area contributed by atoms with Crippen LogP contribution in [0.1, 0.15) is 24.2 Å². The Balaban J connectivity index is 2.27. The zero-order valence-corrected chi connectivity index (χ0v) is 11.8. The van der Waals surface area contributed by atoms with E-state index in [0.717, 1.165) is 12.2 Å². The van der Waals surface area contributed by atoms with Crippen LogP contribution >= 0.6 is 11.6 Å². The molecule has 0 saturated carbocycles. The molecular formula is C14H17ClFN3. The zero-order valence-electron chi connectivity index (χ0n) is 11.0. The molecule has 0 amide bonds. The average molecular weight is 282 g/mol.